The Morgan fingerprint density at radius 3 is 3.06 bits per heavy atom. The van der Waals surface area contributed by atoms with Crippen LogP contribution in [0.3, 0.4) is 0 Å². The Morgan fingerprint density at radius 1 is 1.56 bits per heavy atom. The summed E-state index contributed by atoms with van der Waals surface area (Å²) in [7, 11) is 0. The minimum Gasteiger partial charge on any atom is -0.472 e. The first-order chi connectivity index (χ1) is 8.65. The van der Waals surface area contributed by atoms with Crippen molar-refractivity contribution in [3.63, 3.8) is 0 Å². The topological polar surface area (TPSA) is 81.4 Å². The molecule has 2 aromatic heterocycles. The van der Waals surface area contributed by atoms with E-state index in [1.807, 2.05) is 0 Å². The Balaban J connectivity index is 1.88. The highest BCUT2D eigenvalue weighted by atomic mass is 32.1. The molecule has 18 heavy (non-hydrogen) atoms. The van der Waals surface area contributed by atoms with Crippen LogP contribution in [0.2, 0.25) is 0 Å². The smallest absolute Gasteiger partial charge is 0.341 e. The molecule has 0 saturated carbocycles. The summed E-state index contributed by atoms with van der Waals surface area (Å²) in [4.78, 5) is 26.4. The van der Waals surface area contributed by atoms with Crippen LogP contribution in [0.4, 0.5) is 5.13 Å². The first kappa shape index (κ1) is 12.3. The maximum atomic E-state index is 11.5. The molecule has 7 heteroatoms. The number of ether oxygens (including phenoxy) is 1. The normalized spacial score (nSPS) is 10.1. The number of rotatable bonds is 4. The van der Waals surface area contributed by atoms with Gasteiger partial charge in [0.05, 0.1) is 17.5 Å². The zero-order valence-electron chi connectivity index (χ0n) is 9.50. The Hall–Kier alpha value is -2.15. The standard InChI is InChI=1S/C11H10N2O4S/c1-7(14)12-11-13-9(6-18-11)5-17-10(15)8-2-3-16-4-8/h2-4,6H,5H2,1H3,(H,12,13,14). The molecule has 0 saturated heterocycles. The van der Waals surface area contributed by atoms with E-state index < -0.39 is 5.97 Å². The monoisotopic (exact) mass is 266 g/mol. The van der Waals surface area contributed by atoms with E-state index in [-0.39, 0.29) is 12.5 Å². The first-order valence-corrected chi connectivity index (χ1v) is 5.94. The third-order valence-corrected chi connectivity index (χ3v) is 2.75. The number of nitrogens with zero attached hydrogens (tertiary/aromatic N) is 1. The molecular weight excluding hydrogens is 256 g/mol. The summed E-state index contributed by atoms with van der Waals surface area (Å²) in [6.45, 7) is 1.46. The van der Waals surface area contributed by atoms with Crippen molar-refractivity contribution in [3.05, 3.63) is 35.2 Å². The quantitative estimate of drug-likeness (QED) is 0.856. The molecule has 6 nitrogen and oxygen atoms in total. The molecule has 1 N–H and O–H groups in total. The number of aromatic nitrogens is 1. The molecule has 2 aromatic rings. The van der Waals surface area contributed by atoms with Crippen LogP contribution in [-0.2, 0) is 16.1 Å². The van der Waals surface area contributed by atoms with Crippen LogP contribution >= 0.6 is 11.3 Å². The molecule has 0 spiro atoms. The molecule has 0 aliphatic carbocycles. The van der Waals surface area contributed by atoms with E-state index >= 15 is 0 Å². The molecule has 94 valence electrons. The fourth-order valence-corrected chi connectivity index (χ4v) is 1.93. The summed E-state index contributed by atoms with van der Waals surface area (Å²) in [5, 5.41) is 4.75. The van der Waals surface area contributed by atoms with Crippen molar-refractivity contribution < 1.29 is 18.7 Å². The SMILES string of the molecule is CC(=O)Nc1nc(COC(=O)c2ccoc2)cs1. The second kappa shape index (κ2) is 5.46. The van der Waals surface area contributed by atoms with Crippen LogP contribution < -0.4 is 5.32 Å². The summed E-state index contributed by atoms with van der Waals surface area (Å²) >= 11 is 1.27. The number of carbonyl (C=O) groups excluding carboxylic acids is 2. The molecule has 0 aliphatic heterocycles. The predicted molar refractivity (Wildman–Crippen MR) is 64.2 cm³/mol. The Kier molecular flexibility index (Phi) is 3.73. The van der Waals surface area contributed by atoms with E-state index in [0.29, 0.717) is 16.4 Å². The van der Waals surface area contributed by atoms with Crippen molar-refractivity contribution in [1.82, 2.24) is 4.98 Å². The van der Waals surface area contributed by atoms with Gasteiger partial charge in [0.25, 0.3) is 0 Å². The summed E-state index contributed by atoms with van der Waals surface area (Å²) in [6, 6.07) is 1.52. The number of hydrogen-bond acceptors (Lipinski definition) is 6. The minimum atomic E-state index is -0.474. The van der Waals surface area contributed by atoms with Gasteiger partial charge in [-0.05, 0) is 6.07 Å². The lowest BCUT2D eigenvalue weighted by Gasteiger charge is -1.99. The summed E-state index contributed by atoms with van der Waals surface area (Å²) in [5.41, 5.74) is 0.938. The van der Waals surface area contributed by atoms with Gasteiger partial charge in [-0.1, -0.05) is 0 Å². The van der Waals surface area contributed by atoms with Gasteiger partial charge in [-0.25, -0.2) is 9.78 Å². The van der Waals surface area contributed by atoms with Crippen LogP contribution in [-0.4, -0.2) is 16.9 Å². The lowest BCUT2D eigenvalue weighted by atomic mass is 10.3. The van der Waals surface area contributed by atoms with Gasteiger partial charge >= 0.3 is 5.97 Å². The van der Waals surface area contributed by atoms with Crippen molar-refractivity contribution in [2.45, 2.75) is 13.5 Å². The van der Waals surface area contributed by atoms with Crippen LogP contribution in [0.1, 0.15) is 23.0 Å². The molecule has 2 rings (SSSR count). The van der Waals surface area contributed by atoms with Crippen LogP contribution in [0, 0.1) is 0 Å². The van der Waals surface area contributed by atoms with Gasteiger partial charge in [0.2, 0.25) is 5.91 Å². The number of furan rings is 1. The van der Waals surface area contributed by atoms with Crippen molar-refractivity contribution in [2.75, 3.05) is 5.32 Å². The van der Waals surface area contributed by atoms with Crippen LogP contribution in [0.15, 0.2) is 28.4 Å². The molecule has 0 aliphatic rings. The van der Waals surface area contributed by atoms with Crippen LogP contribution in [0.25, 0.3) is 0 Å². The van der Waals surface area contributed by atoms with Gasteiger partial charge in [0, 0.05) is 12.3 Å². The maximum Gasteiger partial charge on any atom is 0.341 e. The highest BCUT2D eigenvalue weighted by Gasteiger charge is 2.10. The summed E-state index contributed by atoms with van der Waals surface area (Å²) in [5.74, 6) is -0.663. The lowest BCUT2D eigenvalue weighted by molar-refractivity contribution is -0.114. The zero-order valence-corrected chi connectivity index (χ0v) is 10.3. The van der Waals surface area contributed by atoms with Gasteiger partial charge < -0.3 is 14.5 Å². The molecule has 0 radical (unpaired) electrons. The number of esters is 1. The van der Waals surface area contributed by atoms with E-state index in [1.54, 1.807) is 5.38 Å². The number of amides is 1. The highest BCUT2D eigenvalue weighted by Crippen LogP contribution is 2.16. The number of nitrogens with one attached hydrogen (secondary N) is 1. The molecule has 0 bridgehead atoms. The van der Waals surface area contributed by atoms with Crippen molar-refractivity contribution in [3.8, 4) is 0 Å². The molecule has 0 atom stereocenters. The van der Waals surface area contributed by atoms with Crippen molar-refractivity contribution in [1.29, 1.82) is 0 Å². The van der Waals surface area contributed by atoms with Crippen molar-refractivity contribution >= 4 is 28.3 Å². The number of carbonyl (C=O) groups is 2. The van der Waals surface area contributed by atoms with E-state index in [1.165, 1.54) is 36.9 Å². The van der Waals surface area contributed by atoms with Crippen molar-refractivity contribution in [2.24, 2.45) is 0 Å². The maximum absolute atomic E-state index is 11.5. The average Bonchev–Trinajstić information content (AvgIpc) is 2.95. The Labute approximate surface area is 107 Å². The van der Waals surface area contributed by atoms with Gasteiger partial charge in [-0.2, -0.15) is 0 Å². The van der Waals surface area contributed by atoms with Gasteiger partial charge in [-0.15, -0.1) is 11.3 Å². The van der Waals surface area contributed by atoms with E-state index in [4.69, 9.17) is 9.15 Å². The van der Waals surface area contributed by atoms with Gasteiger partial charge in [-0.3, -0.25) is 4.79 Å². The molecular formula is C11H10N2O4S. The Bertz CT molecular complexity index is 547. The summed E-state index contributed by atoms with van der Waals surface area (Å²) < 4.78 is 9.80. The molecule has 0 aromatic carbocycles. The second-order valence-electron chi connectivity index (χ2n) is 3.41. The largest absolute Gasteiger partial charge is 0.472 e. The average molecular weight is 266 g/mol. The Morgan fingerprint density at radius 2 is 2.39 bits per heavy atom. The first-order valence-electron chi connectivity index (χ1n) is 5.06. The summed E-state index contributed by atoms with van der Waals surface area (Å²) in [6.07, 6.45) is 2.71. The zero-order chi connectivity index (χ0) is 13.0. The van der Waals surface area contributed by atoms with Gasteiger partial charge in [0.15, 0.2) is 5.13 Å². The lowest BCUT2D eigenvalue weighted by Crippen LogP contribution is -2.06. The minimum absolute atomic E-state index is 0.0557. The fraction of sp³-hybridized carbons (Fsp3) is 0.182. The van der Waals surface area contributed by atoms with E-state index in [9.17, 15) is 9.59 Å². The highest BCUT2D eigenvalue weighted by molar-refractivity contribution is 7.13. The predicted octanol–water partition coefficient (Wildman–Crippen LogP) is 2.05. The third-order valence-electron chi connectivity index (χ3n) is 1.94. The van der Waals surface area contributed by atoms with E-state index in [2.05, 4.69) is 10.3 Å². The van der Waals surface area contributed by atoms with Gasteiger partial charge in [0.1, 0.15) is 12.9 Å². The number of anilines is 1. The molecule has 1 amide bonds. The van der Waals surface area contributed by atoms with Crippen LogP contribution in [0.5, 0.6) is 0 Å². The number of thiazole rings is 1. The molecule has 0 unspecified atom stereocenters. The fourth-order valence-electron chi connectivity index (χ4n) is 1.18. The van der Waals surface area contributed by atoms with E-state index in [0.717, 1.165) is 0 Å². The molecule has 2 heterocycles. The second-order valence-corrected chi connectivity index (χ2v) is 4.27. The third kappa shape index (κ3) is 3.17. The molecule has 0 fully saturated rings. The number of hydrogen-bond donors (Lipinski definition) is 1.